The van der Waals surface area contributed by atoms with Gasteiger partial charge < -0.3 is 0 Å². The maximum atomic E-state index is 5.29. The normalized spacial score (nSPS) is 12.3. The first-order chi connectivity index (χ1) is 20.1. The van der Waals surface area contributed by atoms with Crippen LogP contribution in [0, 0.1) is 0 Å². The number of benzene rings is 2. The lowest BCUT2D eigenvalue weighted by atomic mass is 9.97. The van der Waals surface area contributed by atoms with E-state index in [-0.39, 0.29) is 0 Å². The van der Waals surface area contributed by atoms with E-state index in [2.05, 4.69) is 77.9 Å². The molecule has 2 nitrogen and oxygen atoms in total. The smallest absolute Gasteiger partial charge is 0.0636 e. The number of unbranched alkanes of at least 4 members (excludes halogenated alkanes) is 9. The van der Waals surface area contributed by atoms with Gasteiger partial charge in [0.2, 0.25) is 0 Å². The molecule has 0 aliphatic carbocycles. The molecule has 0 aliphatic heterocycles. The molecule has 0 radical (unpaired) electrons. The zero-order chi connectivity index (χ0) is 29.7. The Bertz CT molecular complexity index is 1050. The van der Waals surface area contributed by atoms with E-state index in [0.717, 1.165) is 42.1 Å². The predicted molar refractivity (Wildman–Crippen MR) is 185 cm³/mol. The minimum atomic E-state index is 1.00. The zero-order valence-corrected chi connectivity index (χ0v) is 27.8. The van der Waals surface area contributed by atoms with Crippen LogP contribution in [0.1, 0.15) is 160 Å². The summed E-state index contributed by atoms with van der Waals surface area (Å²) >= 11 is 0. The third-order valence-electron chi connectivity index (χ3n) is 8.32. The monoisotopic (exact) mass is 558 g/mol. The van der Waals surface area contributed by atoms with Gasteiger partial charge in [0.05, 0.1) is 22.8 Å². The third kappa shape index (κ3) is 13.5. The third-order valence-corrected chi connectivity index (χ3v) is 8.32. The minimum absolute atomic E-state index is 1.00. The maximum absolute atomic E-state index is 5.29. The summed E-state index contributed by atoms with van der Waals surface area (Å²) in [6.45, 7) is 13.6. The number of hydrogen-bond acceptors (Lipinski definition) is 2. The maximum Gasteiger partial charge on any atom is 0.0636 e. The first kappa shape index (κ1) is 35.0. The van der Waals surface area contributed by atoms with Gasteiger partial charge >= 0.3 is 0 Å². The average Bonchev–Trinajstić information content (AvgIpc) is 2.98. The molecule has 0 fully saturated rings. The van der Waals surface area contributed by atoms with E-state index in [4.69, 9.17) is 9.98 Å². The highest BCUT2D eigenvalue weighted by Gasteiger charge is 2.10. The zero-order valence-electron chi connectivity index (χ0n) is 27.8. The molecule has 2 aromatic carbocycles. The molecule has 2 heteroatoms. The number of aryl methyl sites for hydroxylation is 4. The van der Waals surface area contributed by atoms with Gasteiger partial charge in [-0.1, -0.05) is 105 Å². The van der Waals surface area contributed by atoms with Crippen LogP contribution in [0.25, 0.3) is 0 Å². The molecule has 0 heterocycles. The van der Waals surface area contributed by atoms with Gasteiger partial charge in [0, 0.05) is 0 Å². The van der Waals surface area contributed by atoms with E-state index in [1.54, 1.807) is 0 Å². The van der Waals surface area contributed by atoms with Gasteiger partial charge in [-0.05, 0) is 118 Å². The van der Waals surface area contributed by atoms with E-state index in [0.29, 0.717) is 0 Å². The van der Waals surface area contributed by atoms with Crippen LogP contribution in [0.4, 0.5) is 11.4 Å². The predicted octanol–water partition coefficient (Wildman–Crippen LogP) is 12.7. The Kier molecular flexibility index (Phi) is 18.3. The van der Waals surface area contributed by atoms with Crippen molar-refractivity contribution in [3.8, 4) is 0 Å². The van der Waals surface area contributed by atoms with Crippen molar-refractivity contribution < 1.29 is 0 Å². The summed E-state index contributed by atoms with van der Waals surface area (Å²) in [7, 11) is 0. The van der Waals surface area contributed by atoms with E-state index in [9.17, 15) is 0 Å². The highest BCUT2D eigenvalue weighted by Crippen LogP contribution is 2.25. The second-order valence-corrected chi connectivity index (χ2v) is 12.1. The molecule has 0 saturated carbocycles. The molecular formula is C39H62N2. The lowest BCUT2D eigenvalue weighted by Crippen LogP contribution is -2.10. The molecule has 41 heavy (non-hydrogen) atoms. The van der Waals surface area contributed by atoms with E-state index < -0.39 is 0 Å². The summed E-state index contributed by atoms with van der Waals surface area (Å²) in [5.74, 6) is 0. The molecule has 0 bridgehead atoms. The van der Waals surface area contributed by atoms with E-state index in [1.807, 2.05) is 0 Å². The van der Waals surface area contributed by atoms with Crippen LogP contribution in [0.5, 0.6) is 0 Å². The van der Waals surface area contributed by atoms with E-state index >= 15 is 0 Å². The van der Waals surface area contributed by atoms with Gasteiger partial charge in [-0.15, -0.1) is 0 Å². The fraction of sp³-hybridized carbons (Fsp3) is 0.641. The number of nitrogens with zero attached hydrogens (tertiary/aromatic N) is 2. The van der Waals surface area contributed by atoms with Gasteiger partial charge in [-0.3, -0.25) is 9.98 Å². The van der Waals surface area contributed by atoms with Crippen molar-refractivity contribution in [2.24, 2.45) is 9.98 Å². The van der Waals surface area contributed by atoms with Crippen LogP contribution < -0.4 is 0 Å². The minimum Gasteiger partial charge on any atom is -0.252 e. The molecule has 0 unspecified atom stereocenters. The van der Waals surface area contributed by atoms with Crippen molar-refractivity contribution >= 4 is 22.8 Å². The highest BCUT2D eigenvalue weighted by molar-refractivity contribution is 6.42. The summed E-state index contributed by atoms with van der Waals surface area (Å²) < 4.78 is 0. The van der Waals surface area contributed by atoms with Gasteiger partial charge in [0.1, 0.15) is 0 Å². The molecule has 0 spiro atoms. The fourth-order valence-corrected chi connectivity index (χ4v) is 5.59. The molecule has 228 valence electrons. The highest BCUT2D eigenvalue weighted by atomic mass is 14.8. The fourth-order valence-electron chi connectivity index (χ4n) is 5.59. The van der Waals surface area contributed by atoms with Crippen LogP contribution >= 0.6 is 0 Å². The van der Waals surface area contributed by atoms with Crippen LogP contribution in [0.15, 0.2) is 46.4 Å². The largest absolute Gasteiger partial charge is 0.252 e. The molecule has 0 aromatic heterocycles. The molecule has 0 saturated heterocycles. The Labute approximate surface area is 254 Å². The van der Waals surface area contributed by atoms with Gasteiger partial charge in [-0.2, -0.15) is 0 Å². The van der Waals surface area contributed by atoms with Gasteiger partial charge in [-0.25, -0.2) is 0 Å². The van der Waals surface area contributed by atoms with Crippen LogP contribution in [-0.4, -0.2) is 11.4 Å². The van der Waals surface area contributed by atoms with Crippen LogP contribution in [-0.2, 0) is 25.7 Å². The molecule has 2 aromatic rings. The first-order valence-electron chi connectivity index (χ1n) is 17.4. The summed E-state index contributed by atoms with van der Waals surface area (Å²) in [6, 6.07) is 13.9. The Morgan fingerprint density at radius 3 is 1.37 bits per heavy atom. The Morgan fingerprint density at radius 2 is 0.878 bits per heavy atom. The van der Waals surface area contributed by atoms with Crippen molar-refractivity contribution in [2.45, 2.75) is 164 Å². The average molecular weight is 559 g/mol. The molecule has 0 N–H and O–H groups in total. The topological polar surface area (TPSA) is 24.7 Å². The van der Waals surface area contributed by atoms with Crippen molar-refractivity contribution in [2.75, 3.05) is 0 Å². The Morgan fingerprint density at radius 1 is 0.463 bits per heavy atom. The van der Waals surface area contributed by atoms with Gasteiger partial charge in [0.25, 0.3) is 0 Å². The summed E-state index contributed by atoms with van der Waals surface area (Å²) in [5.41, 5.74) is 10.4. The number of rotatable bonds is 22. The summed E-state index contributed by atoms with van der Waals surface area (Å²) in [5, 5.41) is 0. The summed E-state index contributed by atoms with van der Waals surface area (Å²) in [6.07, 6.45) is 23.4. The SMILES string of the molecule is CCCCCCCCC(=Nc1ccc(CCCC)c(CCCC)c1)C(C)=Nc1ccc(CCCC)c(CCCC)c1. The lowest BCUT2D eigenvalue weighted by Gasteiger charge is -2.13. The molecule has 0 atom stereocenters. The number of aliphatic imine (C=N–C) groups is 2. The van der Waals surface area contributed by atoms with Crippen molar-refractivity contribution in [3.05, 3.63) is 58.7 Å². The summed E-state index contributed by atoms with van der Waals surface area (Å²) in [4.78, 5) is 10.5. The van der Waals surface area contributed by atoms with Crippen molar-refractivity contribution in [3.63, 3.8) is 0 Å². The Hall–Kier alpha value is -2.22. The van der Waals surface area contributed by atoms with E-state index in [1.165, 1.54) is 125 Å². The molecular weight excluding hydrogens is 496 g/mol. The molecule has 0 aliphatic rings. The van der Waals surface area contributed by atoms with Crippen molar-refractivity contribution in [1.82, 2.24) is 0 Å². The second kappa shape index (κ2) is 21.5. The Balaban J connectivity index is 2.38. The first-order valence-corrected chi connectivity index (χ1v) is 17.4. The molecule has 0 amide bonds. The van der Waals surface area contributed by atoms with Gasteiger partial charge in [0.15, 0.2) is 0 Å². The standard InChI is InChI=1S/C39H62N2/c1-7-12-17-18-19-20-25-39(41-38-29-27-34(22-14-9-3)36(31-38)24-16-11-5)32(6)40-37-28-26-33(21-13-8-2)35(30-37)23-15-10-4/h26-31H,7-25H2,1-6H3. The quantitative estimate of drug-likeness (QED) is 0.101. The van der Waals surface area contributed by atoms with Crippen molar-refractivity contribution in [1.29, 1.82) is 0 Å². The van der Waals surface area contributed by atoms with Crippen LogP contribution in [0.2, 0.25) is 0 Å². The lowest BCUT2D eigenvalue weighted by molar-refractivity contribution is 0.616. The molecule has 2 rings (SSSR count). The second-order valence-electron chi connectivity index (χ2n) is 12.1. The van der Waals surface area contributed by atoms with Crippen LogP contribution in [0.3, 0.4) is 0 Å². The number of hydrogen-bond donors (Lipinski definition) is 0.